The highest BCUT2D eigenvalue weighted by Crippen LogP contribution is 2.26. The molecule has 0 aliphatic heterocycles. The molecule has 6 heteroatoms. The Balaban J connectivity index is 1.89. The molecule has 0 saturated carbocycles. The van der Waals surface area contributed by atoms with Crippen LogP contribution in [0.15, 0.2) is 66.9 Å². The fourth-order valence-corrected chi connectivity index (χ4v) is 3.08. The van der Waals surface area contributed by atoms with Crippen molar-refractivity contribution < 1.29 is 14.3 Å². The van der Waals surface area contributed by atoms with Crippen molar-refractivity contribution in [3.63, 3.8) is 0 Å². The van der Waals surface area contributed by atoms with Gasteiger partial charge in [-0.25, -0.2) is 0 Å². The Morgan fingerprint density at radius 2 is 1.73 bits per heavy atom. The van der Waals surface area contributed by atoms with Crippen molar-refractivity contribution in [2.45, 2.75) is 6.54 Å². The molecule has 0 aliphatic carbocycles. The highest BCUT2D eigenvalue weighted by atomic mass is 16.5. The molecule has 0 atom stereocenters. The number of rotatable bonds is 8. The van der Waals surface area contributed by atoms with Crippen LogP contribution in [-0.4, -0.2) is 39.2 Å². The maximum Gasteiger partial charge on any atom is 0.251 e. The van der Waals surface area contributed by atoms with Crippen LogP contribution in [0.1, 0.15) is 11.3 Å². The van der Waals surface area contributed by atoms with Crippen LogP contribution in [-0.2, 0) is 11.3 Å². The second-order valence-corrected chi connectivity index (χ2v) is 6.97. The lowest BCUT2D eigenvalue weighted by molar-refractivity contribution is -0.114. The van der Waals surface area contributed by atoms with Gasteiger partial charge < -0.3 is 24.3 Å². The van der Waals surface area contributed by atoms with Crippen molar-refractivity contribution in [3.05, 3.63) is 78.1 Å². The summed E-state index contributed by atoms with van der Waals surface area (Å²) in [6.07, 6.45) is 5.16. The van der Waals surface area contributed by atoms with E-state index in [1.165, 1.54) is 0 Å². The zero-order valence-corrected chi connectivity index (χ0v) is 17.8. The Morgan fingerprint density at radius 1 is 1.00 bits per heavy atom. The van der Waals surface area contributed by atoms with E-state index in [0.717, 1.165) is 22.6 Å². The molecule has 2 aromatic carbocycles. The van der Waals surface area contributed by atoms with Crippen LogP contribution in [0.3, 0.4) is 0 Å². The summed E-state index contributed by atoms with van der Waals surface area (Å²) in [5.41, 5.74) is 3.62. The lowest BCUT2D eigenvalue weighted by Gasteiger charge is -2.22. The summed E-state index contributed by atoms with van der Waals surface area (Å²) in [4.78, 5) is 20.1. The molecule has 3 aromatic rings. The quantitative estimate of drug-likeness (QED) is 0.566. The van der Waals surface area contributed by atoms with Gasteiger partial charge in [0, 0.05) is 49.0 Å². The molecular formula is C24H27N3O3. The van der Waals surface area contributed by atoms with E-state index >= 15 is 0 Å². The Labute approximate surface area is 177 Å². The fraction of sp³-hybridized carbons (Fsp3) is 0.208. The average molecular weight is 405 g/mol. The lowest BCUT2D eigenvalue weighted by atomic mass is 10.1. The van der Waals surface area contributed by atoms with Gasteiger partial charge in [-0.15, -0.1) is 0 Å². The van der Waals surface area contributed by atoms with Crippen LogP contribution in [0.25, 0.3) is 6.08 Å². The van der Waals surface area contributed by atoms with Crippen molar-refractivity contribution in [2.75, 3.05) is 38.1 Å². The molecule has 0 spiro atoms. The standard InChI is InChI=1S/C24H27N3O3/c1-26(2)20-8-10-21(11-9-20)27(17-19-6-5-15-25-19)24(28)14-7-18-16-22(29-3)12-13-23(18)30-4/h5-16,25H,17H2,1-4H3/b14-7+. The summed E-state index contributed by atoms with van der Waals surface area (Å²) in [5.74, 6) is 1.24. The second-order valence-electron chi connectivity index (χ2n) is 6.97. The average Bonchev–Trinajstić information content (AvgIpc) is 3.29. The molecule has 1 N–H and O–H groups in total. The van der Waals surface area contributed by atoms with E-state index in [1.807, 2.05) is 79.8 Å². The number of amides is 1. The number of aromatic nitrogens is 1. The molecule has 0 saturated heterocycles. The second kappa shape index (κ2) is 9.69. The number of hydrogen-bond donors (Lipinski definition) is 1. The van der Waals surface area contributed by atoms with Crippen molar-refractivity contribution in [3.8, 4) is 11.5 Å². The molecule has 0 aliphatic rings. The van der Waals surface area contributed by atoms with Crippen molar-refractivity contribution >= 4 is 23.4 Å². The molecule has 1 amide bonds. The van der Waals surface area contributed by atoms with E-state index in [0.29, 0.717) is 18.0 Å². The maximum atomic E-state index is 13.2. The zero-order chi connectivity index (χ0) is 21.5. The third-order valence-electron chi connectivity index (χ3n) is 4.78. The SMILES string of the molecule is COc1ccc(OC)c(/C=C/C(=O)N(Cc2ccc[nH]2)c2ccc(N(C)C)cc2)c1. The highest BCUT2D eigenvalue weighted by molar-refractivity contribution is 6.04. The zero-order valence-electron chi connectivity index (χ0n) is 17.8. The molecular weight excluding hydrogens is 378 g/mol. The van der Waals surface area contributed by atoms with Crippen LogP contribution in [0.2, 0.25) is 0 Å². The van der Waals surface area contributed by atoms with Gasteiger partial charge in [-0.2, -0.15) is 0 Å². The van der Waals surface area contributed by atoms with Crippen molar-refractivity contribution in [1.29, 1.82) is 0 Å². The number of nitrogens with zero attached hydrogens (tertiary/aromatic N) is 2. The molecule has 156 valence electrons. The van der Waals surface area contributed by atoms with Gasteiger partial charge in [-0.05, 0) is 60.7 Å². The number of methoxy groups -OCH3 is 2. The van der Waals surface area contributed by atoms with E-state index in [4.69, 9.17) is 9.47 Å². The first kappa shape index (κ1) is 21.0. The largest absolute Gasteiger partial charge is 0.497 e. The van der Waals surface area contributed by atoms with E-state index in [-0.39, 0.29) is 5.91 Å². The third-order valence-corrected chi connectivity index (χ3v) is 4.78. The van der Waals surface area contributed by atoms with Gasteiger partial charge in [0.05, 0.1) is 20.8 Å². The first-order chi connectivity index (χ1) is 14.5. The maximum absolute atomic E-state index is 13.2. The summed E-state index contributed by atoms with van der Waals surface area (Å²) in [7, 11) is 7.18. The van der Waals surface area contributed by atoms with Crippen LogP contribution in [0, 0.1) is 0 Å². The number of ether oxygens (including phenoxy) is 2. The lowest BCUT2D eigenvalue weighted by Crippen LogP contribution is -2.28. The van der Waals surface area contributed by atoms with Crippen LogP contribution in [0.4, 0.5) is 11.4 Å². The van der Waals surface area contributed by atoms with Crippen molar-refractivity contribution in [1.82, 2.24) is 4.98 Å². The number of hydrogen-bond acceptors (Lipinski definition) is 4. The Bertz CT molecular complexity index is 993. The minimum atomic E-state index is -0.132. The summed E-state index contributed by atoms with van der Waals surface area (Å²) >= 11 is 0. The summed E-state index contributed by atoms with van der Waals surface area (Å²) in [6, 6.07) is 17.3. The van der Waals surface area contributed by atoms with Gasteiger partial charge in [0.1, 0.15) is 11.5 Å². The number of H-pyrrole nitrogens is 1. The molecule has 1 aromatic heterocycles. The number of anilines is 2. The molecule has 1 heterocycles. The molecule has 30 heavy (non-hydrogen) atoms. The van der Waals surface area contributed by atoms with E-state index in [9.17, 15) is 4.79 Å². The smallest absolute Gasteiger partial charge is 0.251 e. The van der Waals surface area contributed by atoms with E-state index in [2.05, 4.69) is 4.98 Å². The van der Waals surface area contributed by atoms with Gasteiger partial charge in [-0.3, -0.25) is 4.79 Å². The Kier molecular flexibility index (Phi) is 6.80. The molecule has 0 fully saturated rings. The van der Waals surface area contributed by atoms with Crippen LogP contribution >= 0.6 is 0 Å². The number of aromatic amines is 1. The highest BCUT2D eigenvalue weighted by Gasteiger charge is 2.15. The molecule has 0 bridgehead atoms. The number of nitrogens with one attached hydrogen (secondary N) is 1. The summed E-state index contributed by atoms with van der Waals surface area (Å²) in [6.45, 7) is 0.437. The normalized spacial score (nSPS) is 10.8. The fourth-order valence-electron chi connectivity index (χ4n) is 3.08. The molecule has 0 radical (unpaired) electrons. The van der Waals surface area contributed by atoms with Gasteiger partial charge in [0.2, 0.25) is 0 Å². The van der Waals surface area contributed by atoms with E-state index < -0.39 is 0 Å². The predicted octanol–water partition coefficient (Wildman–Crippen LogP) is 4.34. The van der Waals surface area contributed by atoms with Crippen LogP contribution < -0.4 is 19.3 Å². The predicted molar refractivity (Wildman–Crippen MR) is 121 cm³/mol. The minimum Gasteiger partial charge on any atom is -0.497 e. The molecule has 3 rings (SSSR count). The third kappa shape index (κ3) is 5.03. The van der Waals surface area contributed by atoms with Crippen molar-refractivity contribution in [2.24, 2.45) is 0 Å². The summed E-state index contributed by atoms with van der Waals surface area (Å²) in [5, 5.41) is 0. The van der Waals surface area contributed by atoms with E-state index in [1.54, 1.807) is 31.3 Å². The number of carbonyl (C=O) groups excluding carboxylic acids is 1. The van der Waals surface area contributed by atoms with Gasteiger partial charge >= 0.3 is 0 Å². The van der Waals surface area contributed by atoms with Gasteiger partial charge in [-0.1, -0.05) is 0 Å². The topological polar surface area (TPSA) is 57.8 Å². The van der Waals surface area contributed by atoms with Gasteiger partial charge in [0.15, 0.2) is 0 Å². The first-order valence-electron chi connectivity index (χ1n) is 9.63. The minimum absolute atomic E-state index is 0.132. The van der Waals surface area contributed by atoms with Gasteiger partial charge in [0.25, 0.3) is 5.91 Å². The van der Waals surface area contributed by atoms with Crippen LogP contribution in [0.5, 0.6) is 11.5 Å². The summed E-state index contributed by atoms with van der Waals surface area (Å²) < 4.78 is 10.7. The first-order valence-corrected chi connectivity index (χ1v) is 9.63. The Morgan fingerprint density at radius 3 is 2.33 bits per heavy atom. The monoisotopic (exact) mass is 405 g/mol. The molecule has 6 nitrogen and oxygen atoms in total. The molecule has 0 unspecified atom stereocenters. The number of benzene rings is 2. The number of carbonyl (C=O) groups is 1. The Hall–Kier alpha value is -3.67.